The molecule has 2 atom stereocenters. The Labute approximate surface area is 149 Å². The van der Waals surface area contributed by atoms with E-state index in [2.05, 4.69) is 35.2 Å². The largest absolute Gasteiger partial charge is 0.379 e. The lowest BCUT2D eigenvalue weighted by molar-refractivity contribution is -0.145. The molecular weight excluding hydrogens is 316 g/mol. The molecule has 1 aromatic carbocycles. The summed E-state index contributed by atoms with van der Waals surface area (Å²) in [6.07, 6.45) is 3.82. The maximum absolute atomic E-state index is 12.8. The first-order chi connectivity index (χ1) is 12.3. The summed E-state index contributed by atoms with van der Waals surface area (Å²) in [5.41, 5.74) is 1.27. The minimum Gasteiger partial charge on any atom is -0.379 e. The molecule has 1 amide bonds. The zero-order valence-electron chi connectivity index (χ0n) is 14.9. The van der Waals surface area contributed by atoms with E-state index in [-0.39, 0.29) is 17.4 Å². The van der Waals surface area contributed by atoms with E-state index >= 15 is 0 Å². The number of ether oxygens (including phenoxy) is 2. The van der Waals surface area contributed by atoms with Crippen LogP contribution in [0.15, 0.2) is 30.3 Å². The van der Waals surface area contributed by atoms with Crippen molar-refractivity contribution in [1.29, 1.82) is 0 Å². The standard InChI is InChI=1S/C20H28N2O3/c23-19(18-8-4-12-25-18)22-10-5-9-20(15-22)14-21(11-13-24-16-20)17-6-2-1-3-7-17/h1-3,6-7,18H,4-5,8-16H2/t18-,20+/m1/s1. The predicted molar refractivity (Wildman–Crippen MR) is 96.7 cm³/mol. The molecule has 3 saturated heterocycles. The number of piperidine rings is 1. The number of carbonyl (C=O) groups is 1. The Bertz CT molecular complexity index is 588. The van der Waals surface area contributed by atoms with Gasteiger partial charge in [-0.1, -0.05) is 18.2 Å². The van der Waals surface area contributed by atoms with Crippen molar-refractivity contribution in [1.82, 2.24) is 4.90 Å². The second kappa shape index (κ2) is 7.34. The van der Waals surface area contributed by atoms with E-state index in [9.17, 15) is 4.79 Å². The van der Waals surface area contributed by atoms with Gasteiger partial charge in [-0.2, -0.15) is 0 Å². The number of likely N-dealkylation sites (tertiary alicyclic amines) is 1. The van der Waals surface area contributed by atoms with E-state index < -0.39 is 0 Å². The number of hydrogen-bond acceptors (Lipinski definition) is 4. The third-order valence-corrected chi connectivity index (χ3v) is 5.74. The van der Waals surface area contributed by atoms with Crippen molar-refractivity contribution in [2.45, 2.75) is 31.8 Å². The highest BCUT2D eigenvalue weighted by atomic mass is 16.5. The van der Waals surface area contributed by atoms with Crippen molar-refractivity contribution in [3.8, 4) is 0 Å². The molecule has 136 valence electrons. The SMILES string of the molecule is O=C([C@H]1CCCO1)N1CCC[C@@]2(COCCN(c3ccccc3)C2)C1. The molecule has 25 heavy (non-hydrogen) atoms. The number of anilines is 1. The molecule has 0 radical (unpaired) electrons. The molecular formula is C20H28N2O3. The maximum atomic E-state index is 12.8. The van der Waals surface area contributed by atoms with E-state index in [4.69, 9.17) is 9.47 Å². The zero-order chi connectivity index (χ0) is 17.1. The van der Waals surface area contributed by atoms with Crippen LogP contribution in [0.3, 0.4) is 0 Å². The molecule has 0 aliphatic carbocycles. The lowest BCUT2D eigenvalue weighted by Crippen LogP contribution is -2.54. The number of benzene rings is 1. The molecule has 5 nitrogen and oxygen atoms in total. The van der Waals surface area contributed by atoms with E-state index in [1.807, 2.05) is 4.90 Å². The number of rotatable bonds is 2. The van der Waals surface area contributed by atoms with Gasteiger partial charge in [0.05, 0.1) is 13.2 Å². The fourth-order valence-electron chi connectivity index (χ4n) is 4.47. The first kappa shape index (κ1) is 16.9. The molecule has 1 aromatic rings. The number of para-hydroxylation sites is 1. The van der Waals surface area contributed by atoms with Crippen LogP contribution >= 0.6 is 0 Å². The number of hydrogen-bond donors (Lipinski definition) is 0. The van der Waals surface area contributed by atoms with Gasteiger partial charge in [-0.25, -0.2) is 0 Å². The fraction of sp³-hybridized carbons (Fsp3) is 0.650. The highest BCUT2D eigenvalue weighted by molar-refractivity contribution is 5.81. The molecule has 0 bridgehead atoms. The molecule has 3 aliphatic heterocycles. The third kappa shape index (κ3) is 3.67. The first-order valence-corrected chi connectivity index (χ1v) is 9.54. The Morgan fingerprint density at radius 2 is 1.96 bits per heavy atom. The van der Waals surface area contributed by atoms with Crippen LogP contribution in [0.4, 0.5) is 5.69 Å². The van der Waals surface area contributed by atoms with Gasteiger partial charge in [-0.3, -0.25) is 4.79 Å². The van der Waals surface area contributed by atoms with Crippen molar-refractivity contribution in [3.63, 3.8) is 0 Å². The van der Waals surface area contributed by atoms with Crippen LogP contribution in [0.25, 0.3) is 0 Å². The normalized spacial score (nSPS) is 30.5. The monoisotopic (exact) mass is 344 g/mol. The minimum absolute atomic E-state index is 0.0266. The van der Waals surface area contributed by atoms with Crippen molar-refractivity contribution < 1.29 is 14.3 Å². The Morgan fingerprint density at radius 3 is 2.76 bits per heavy atom. The number of amides is 1. The van der Waals surface area contributed by atoms with Crippen LogP contribution in [0.2, 0.25) is 0 Å². The van der Waals surface area contributed by atoms with Crippen LogP contribution in [-0.2, 0) is 14.3 Å². The van der Waals surface area contributed by atoms with Gasteiger partial charge < -0.3 is 19.3 Å². The van der Waals surface area contributed by atoms with Gasteiger partial charge in [0.25, 0.3) is 5.91 Å². The van der Waals surface area contributed by atoms with Crippen LogP contribution in [0.5, 0.6) is 0 Å². The summed E-state index contributed by atoms with van der Waals surface area (Å²) in [5, 5.41) is 0. The van der Waals surface area contributed by atoms with Crippen molar-refractivity contribution in [2.24, 2.45) is 5.41 Å². The quantitative estimate of drug-likeness (QED) is 0.826. The number of carbonyl (C=O) groups excluding carboxylic acids is 1. The van der Waals surface area contributed by atoms with Gasteiger partial charge in [0, 0.05) is 43.9 Å². The van der Waals surface area contributed by atoms with Crippen LogP contribution < -0.4 is 4.90 Å². The topological polar surface area (TPSA) is 42.0 Å². The van der Waals surface area contributed by atoms with Gasteiger partial charge in [0.1, 0.15) is 6.10 Å². The fourth-order valence-corrected chi connectivity index (χ4v) is 4.47. The summed E-state index contributed by atoms with van der Waals surface area (Å²) in [6.45, 7) is 5.71. The van der Waals surface area contributed by atoms with Crippen molar-refractivity contribution >= 4 is 11.6 Å². The Balaban J connectivity index is 1.49. The Morgan fingerprint density at radius 1 is 1.08 bits per heavy atom. The summed E-state index contributed by atoms with van der Waals surface area (Å²) in [4.78, 5) is 17.3. The van der Waals surface area contributed by atoms with E-state index in [0.717, 1.165) is 71.7 Å². The smallest absolute Gasteiger partial charge is 0.251 e. The molecule has 5 heteroatoms. The van der Waals surface area contributed by atoms with E-state index in [0.29, 0.717) is 0 Å². The maximum Gasteiger partial charge on any atom is 0.251 e. The highest BCUT2D eigenvalue weighted by Gasteiger charge is 2.42. The average Bonchev–Trinajstić information content (AvgIpc) is 3.12. The van der Waals surface area contributed by atoms with Crippen molar-refractivity contribution in [3.05, 3.63) is 30.3 Å². The predicted octanol–water partition coefficient (Wildman–Crippen LogP) is 2.31. The summed E-state index contributed by atoms with van der Waals surface area (Å²) in [5.74, 6) is 0.187. The molecule has 0 aromatic heterocycles. The summed E-state index contributed by atoms with van der Waals surface area (Å²) >= 11 is 0. The van der Waals surface area contributed by atoms with Crippen LogP contribution in [0.1, 0.15) is 25.7 Å². The van der Waals surface area contributed by atoms with Gasteiger partial charge in [-0.15, -0.1) is 0 Å². The molecule has 1 spiro atoms. The lowest BCUT2D eigenvalue weighted by Gasteiger charge is -2.44. The molecule has 3 aliphatic rings. The van der Waals surface area contributed by atoms with Crippen LogP contribution in [-0.4, -0.2) is 62.9 Å². The molecule has 4 rings (SSSR count). The van der Waals surface area contributed by atoms with E-state index in [1.54, 1.807) is 0 Å². The first-order valence-electron chi connectivity index (χ1n) is 9.54. The molecule has 0 unspecified atom stereocenters. The lowest BCUT2D eigenvalue weighted by atomic mass is 9.79. The number of nitrogens with zero attached hydrogens (tertiary/aromatic N) is 2. The molecule has 3 fully saturated rings. The van der Waals surface area contributed by atoms with E-state index in [1.165, 1.54) is 5.69 Å². The summed E-state index contributed by atoms with van der Waals surface area (Å²) < 4.78 is 11.6. The van der Waals surface area contributed by atoms with Gasteiger partial charge in [0.15, 0.2) is 0 Å². The zero-order valence-corrected chi connectivity index (χ0v) is 14.9. The third-order valence-electron chi connectivity index (χ3n) is 5.74. The van der Waals surface area contributed by atoms with Gasteiger partial charge in [0.2, 0.25) is 0 Å². The van der Waals surface area contributed by atoms with Gasteiger partial charge >= 0.3 is 0 Å². The van der Waals surface area contributed by atoms with Crippen molar-refractivity contribution in [2.75, 3.05) is 50.9 Å². The second-order valence-corrected chi connectivity index (χ2v) is 7.67. The molecule has 3 heterocycles. The minimum atomic E-state index is -0.216. The second-order valence-electron chi connectivity index (χ2n) is 7.67. The molecule has 0 saturated carbocycles. The Hall–Kier alpha value is -1.59. The molecule has 0 N–H and O–H groups in total. The average molecular weight is 344 g/mol. The van der Waals surface area contributed by atoms with Crippen LogP contribution in [0, 0.1) is 5.41 Å². The summed E-state index contributed by atoms with van der Waals surface area (Å²) in [7, 11) is 0. The Kier molecular flexibility index (Phi) is 4.95. The summed E-state index contributed by atoms with van der Waals surface area (Å²) in [6, 6.07) is 10.5. The highest BCUT2D eigenvalue weighted by Crippen LogP contribution is 2.35. The van der Waals surface area contributed by atoms with Gasteiger partial charge in [-0.05, 0) is 37.8 Å².